The van der Waals surface area contributed by atoms with Crippen LogP contribution in [0.3, 0.4) is 0 Å². The van der Waals surface area contributed by atoms with Crippen molar-refractivity contribution in [1.82, 2.24) is 19.5 Å². The molecule has 57 heavy (non-hydrogen) atoms. The zero-order chi connectivity index (χ0) is 37.5. The maximum absolute atomic E-state index is 6.93. The van der Waals surface area contributed by atoms with E-state index in [1.54, 1.807) is 0 Å². The summed E-state index contributed by atoms with van der Waals surface area (Å²) in [5.41, 5.74) is 9.90. The van der Waals surface area contributed by atoms with E-state index in [2.05, 4.69) is 126 Å². The van der Waals surface area contributed by atoms with Crippen LogP contribution in [0.4, 0.5) is 0 Å². The molecule has 0 bridgehead atoms. The molecular formula is C51H30N4OS. The summed E-state index contributed by atoms with van der Waals surface area (Å²) in [5.74, 6) is 1.83. The van der Waals surface area contributed by atoms with Crippen molar-refractivity contribution in [3.05, 3.63) is 182 Å². The van der Waals surface area contributed by atoms with E-state index >= 15 is 0 Å². The average Bonchev–Trinajstić information content (AvgIpc) is 3.95. The molecule has 0 fully saturated rings. The van der Waals surface area contributed by atoms with Crippen LogP contribution in [0.2, 0.25) is 0 Å². The van der Waals surface area contributed by atoms with E-state index in [9.17, 15) is 0 Å². The van der Waals surface area contributed by atoms with Gasteiger partial charge in [0, 0.05) is 53.0 Å². The van der Waals surface area contributed by atoms with Gasteiger partial charge in [-0.15, -0.1) is 11.3 Å². The van der Waals surface area contributed by atoms with Gasteiger partial charge in [-0.05, 0) is 65.7 Å². The molecule has 0 N–H and O–H groups in total. The number of nitrogens with zero attached hydrogens (tertiary/aromatic N) is 4. The first-order valence-corrected chi connectivity index (χ1v) is 19.8. The molecule has 266 valence electrons. The number of aromatic nitrogens is 4. The minimum absolute atomic E-state index is 0.588. The molecule has 0 spiro atoms. The van der Waals surface area contributed by atoms with Crippen molar-refractivity contribution < 1.29 is 4.42 Å². The van der Waals surface area contributed by atoms with Gasteiger partial charge in [0.15, 0.2) is 17.5 Å². The third-order valence-corrected chi connectivity index (χ3v) is 12.2. The first kappa shape index (κ1) is 31.9. The highest BCUT2D eigenvalue weighted by Gasteiger charge is 2.21. The van der Waals surface area contributed by atoms with Gasteiger partial charge in [-0.2, -0.15) is 0 Å². The van der Waals surface area contributed by atoms with Crippen molar-refractivity contribution in [2.45, 2.75) is 0 Å². The van der Waals surface area contributed by atoms with Gasteiger partial charge < -0.3 is 8.98 Å². The molecule has 0 amide bonds. The second kappa shape index (κ2) is 12.6. The lowest BCUT2D eigenvalue weighted by molar-refractivity contribution is 0.669. The number of benzene rings is 8. The predicted molar refractivity (Wildman–Crippen MR) is 236 cm³/mol. The average molecular weight is 747 g/mol. The highest BCUT2D eigenvalue weighted by atomic mass is 32.1. The van der Waals surface area contributed by atoms with Crippen LogP contribution in [0.1, 0.15) is 0 Å². The highest BCUT2D eigenvalue weighted by molar-refractivity contribution is 7.25. The molecule has 0 saturated heterocycles. The molecule has 0 atom stereocenters. The first-order chi connectivity index (χ1) is 28.2. The molecule has 0 aliphatic rings. The minimum Gasteiger partial charge on any atom is -0.456 e. The van der Waals surface area contributed by atoms with E-state index in [1.807, 2.05) is 72.0 Å². The standard InChI is InChI=1S/C51H30N4OS/c1-3-13-31(14-4-1)49-52-50(32-15-5-2-6-16-32)54-51(53-49)34-23-25-39-44(29-34)56-45-30-35(33-24-26-47-40(27-33)38-19-9-12-22-46(38)57-47)28-43(48(39)45)55-41-20-10-7-17-36(41)37-18-8-11-21-42(37)55/h1-30H. The zero-order valence-electron chi connectivity index (χ0n) is 30.4. The fourth-order valence-corrected chi connectivity index (χ4v) is 9.48. The molecule has 0 aliphatic heterocycles. The Kier molecular flexibility index (Phi) is 7.03. The SMILES string of the molecule is c1ccc(-c2nc(-c3ccccc3)nc(-c3ccc4c(c3)oc3cc(-c5ccc6sc7ccccc7c6c5)cc(-n5c6ccccc6c6ccccc65)c34)n2)cc1. The van der Waals surface area contributed by atoms with E-state index in [-0.39, 0.29) is 0 Å². The van der Waals surface area contributed by atoms with Crippen molar-refractivity contribution in [3.8, 4) is 51.0 Å². The third-order valence-electron chi connectivity index (χ3n) is 11.0. The summed E-state index contributed by atoms with van der Waals surface area (Å²) in [5, 5.41) is 7.06. The van der Waals surface area contributed by atoms with Crippen LogP contribution in [-0.2, 0) is 0 Å². The Labute approximate surface area is 330 Å². The summed E-state index contributed by atoms with van der Waals surface area (Å²) in [6, 6.07) is 63.9. The summed E-state index contributed by atoms with van der Waals surface area (Å²) in [4.78, 5) is 14.9. The summed E-state index contributed by atoms with van der Waals surface area (Å²) in [6.07, 6.45) is 0. The van der Waals surface area contributed by atoms with Crippen molar-refractivity contribution in [3.63, 3.8) is 0 Å². The minimum atomic E-state index is 0.588. The molecule has 0 radical (unpaired) electrons. The zero-order valence-corrected chi connectivity index (χ0v) is 31.2. The van der Waals surface area contributed by atoms with Crippen LogP contribution < -0.4 is 0 Å². The van der Waals surface area contributed by atoms with Crippen LogP contribution in [-0.4, -0.2) is 19.5 Å². The molecule has 4 heterocycles. The number of furan rings is 1. The molecule has 6 heteroatoms. The van der Waals surface area contributed by atoms with Gasteiger partial charge in [-0.1, -0.05) is 127 Å². The quantitative estimate of drug-likeness (QED) is 0.176. The number of fused-ring (bicyclic) bond motifs is 9. The highest BCUT2D eigenvalue weighted by Crippen LogP contribution is 2.43. The Morgan fingerprint density at radius 2 is 0.912 bits per heavy atom. The predicted octanol–water partition coefficient (Wildman–Crippen LogP) is 13.9. The van der Waals surface area contributed by atoms with E-state index in [0.717, 1.165) is 66.5 Å². The fraction of sp³-hybridized carbons (Fsp3) is 0. The Morgan fingerprint density at radius 1 is 0.368 bits per heavy atom. The van der Waals surface area contributed by atoms with Gasteiger partial charge in [0.1, 0.15) is 11.2 Å². The van der Waals surface area contributed by atoms with Crippen molar-refractivity contribution in [2.24, 2.45) is 0 Å². The molecule has 8 aromatic carbocycles. The maximum Gasteiger partial charge on any atom is 0.164 e. The molecule has 12 aromatic rings. The van der Waals surface area contributed by atoms with E-state index in [1.165, 1.54) is 30.9 Å². The van der Waals surface area contributed by atoms with Gasteiger partial charge in [0.25, 0.3) is 0 Å². The number of hydrogen-bond acceptors (Lipinski definition) is 5. The largest absolute Gasteiger partial charge is 0.456 e. The topological polar surface area (TPSA) is 56.7 Å². The van der Waals surface area contributed by atoms with Crippen molar-refractivity contribution in [2.75, 3.05) is 0 Å². The second-order valence-corrected chi connectivity index (χ2v) is 15.5. The molecule has 5 nitrogen and oxygen atoms in total. The number of rotatable bonds is 5. The lowest BCUT2D eigenvalue weighted by Gasteiger charge is -2.13. The molecule has 0 saturated carbocycles. The summed E-state index contributed by atoms with van der Waals surface area (Å²) in [6.45, 7) is 0. The first-order valence-electron chi connectivity index (χ1n) is 19.0. The number of para-hydroxylation sites is 2. The van der Waals surface area contributed by atoms with Crippen LogP contribution in [0.5, 0.6) is 0 Å². The number of hydrogen-bond donors (Lipinski definition) is 0. The van der Waals surface area contributed by atoms with E-state index in [4.69, 9.17) is 19.4 Å². The Bertz CT molecular complexity index is 3420. The molecule has 0 unspecified atom stereocenters. The van der Waals surface area contributed by atoms with Gasteiger partial charge in [-0.25, -0.2) is 15.0 Å². The normalized spacial score (nSPS) is 11.9. The number of thiophene rings is 1. The van der Waals surface area contributed by atoms with Gasteiger partial charge in [0.05, 0.1) is 22.1 Å². The third kappa shape index (κ3) is 5.12. The lowest BCUT2D eigenvalue weighted by atomic mass is 9.99. The van der Waals surface area contributed by atoms with Gasteiger partial charge in [-0.3, -0.25) is 0 Å². The molecular weight excluding hydrogens is 717 g/mol. The Balaban J connectivity index is 1.11. The molecule has 4 aromatic heterocycles. The van der Waals surface area contributed by atoms with Crippen molar-refractivity contribution >= 4 is 75.3 Å². The smallest absolute Gasteiger partial charge is 0.164 e. The Hall–Kier alpha value is -7.41. The Morgan fingerprint density at radius 3 is 1.60 bits per heavy atom. The van der Waals surface area contributed by atoms with E-state index in [0.29, 0.717) is 17.5 Å². The van der Waals surface area contributed by atoms with Crippen LogP contribution in [0, 0.1) is 0 Å². The molecule has 0 aliphatic carbocycles. The monoisotopic (exact) mass is 746 g/mol. The van der Waals surface area contributed by atoms with Crippen molar-refractivity contribution in [1.29, 1.82) is 0 Å². The fourth-order valence-electron chi connectivity index (χ4n) is 8.39. The summed E-state index contributed by atoms with van der Waals surface area (Å²) < 4.78 is 11.9. The molecule has 12 rings (SSSR count). The maximum atomic E-state index is 6.93. The van der Waals surface area contributed by atoms with Crippen LogP contribution in [0.15, 0.2) is 186 Å². The van der Waals surface area contributed by atoms with Gasteiger partial charge >= 0.3 is 0 Å². The summed E-state index contributed by atoms with van der Waals surface area (Å²) >= 11 is 1.84. The summed E-state index contributed by atoms with van der Waals surface area (Å²) in [7, 11) is 0. The second-order valence-electron chi connectivity index (χ2n) is 14.4. The van der Waals surface area contributed by atoms with Gasteiger partial charge in [0.2, 0.25) is 0 Å². The van der Waals surface area contributed by atoms with Crippen LogP contribution >= 0.6 is 11.3 Å². The van der Waals surface area contributed by atoms with E-state index < -0.39 is 0 Å². The lowest BCUT2D eigenvalue weighted by Crippen LogP contribution is -2.00. The van der Waals surface area contributed by atoms with Crippen LogP contribution in [0.25, 0.3) is 115 Å².